The van der Waals surface area contributed by atoms with Crippen LogP contribution < -0.4 is 0 Å². The molecular formula is C11H14FNO3S. The molecule has 0 fully saturated rings. The van der Waals surface area contributed by atoms with E-state index < -0.39 is 9.84 Å². The molecule has 0 radical (unpaired) electrons. The van der Waals surface area contributed by atoms with Gasteiger partial charge >= 0.3 is 0 Å². The van der Waals surface area contributed by atoms with Crippen LogP contribution in [0.2, 0.25) is 0 Å². The summed E-state index contributed by atoms with van der Waals surface area (Å²) in [6, 6.07) is 5.92. The quantitative estimate of drug-likeness (QED) is 0.443. The van der Waals surface area contributed by atoms with Crippen LogP contribution in [0.5, 0.6) is 0 Å². The highest BCUT2D eigenvalue weighted by Gasteiger charge is 2.00. The lowest BCUT2D eigenvalue weighted by atomic mass is 10.2. The number of sulfone groups is 1. The molecule has 0 N–H and O–H groups in total. The molecule has 94 valence electrons. The van der Waals surface area contributed by atoms with E-state index in [4.69, 9.17) is 4.84 Å². The third-order valence-electron chi connectivity index (χ3n) is 1.88. The zero-order valence-corrected chi connectivity index (χ0v) is 10.3. The van der Waals surface area contributed by atoms with Crippen molar-refractivity contribution in [3.8, 4) is 0 Å². The van der Waals surface area contributed by atoms with Gasteiger partial charge in [-0.25, -0.2) is 12.8 Å². The van der Waals surface area contributed by atoms with Gasteiger partial charge in [-0.2, -0.15) is 0 Å². The first kappa shape index (κ1) is 13.6. The highest BCUT2D eigenvalue weighted by Crippen LogP contribution is 2.00. The summed E-state index contributed by atoms with van der Waals surface area (Å²) in [5.41, 5.74) is 0.591. The topological polar surface area (TPSA) is 55.7 Å². The molecule has 1 aromatic carbocycles. The van der Waals surface area contributed by atoms with Crippen LogP contribution in [0.3, 0.4) is 0 Å². The molecule has 0 saturated carbocycles. The Balaban J connectivity index is 2.27. The molecule has 1 rings (SSSR count). The second-order valence-electron chi connectivity index (χ2n) is 3.61. The number of benzene rings is 1. The average Bonchev–Trinajstić information content (AvgIpc) is 2.22. The Bertz CT molecular complexity index is 485. The molecule has 0 saturated heterocycles. The molecule has 4 nitrogen and oxygen atoms in total. The molecule has 6 heteroatoms. The van der Waals surface area contributed by atoms with Gasteiger partial charge < -0.3 is 4.84 Å². The fraction of sp³-hybridized carbons (Fsp3) is 0.364. The van der Waals surface area contributed by atoms with E-state index in [1.807, 2.05) is 0 Å². The van der Waals surface area contributed by atoms with Crippen molar-refractivity contribution in [2.75, 3.05) is 18.6 Å². The third kappa shape index (κ3) is 6.68. The predicted molar refractivity (Wildman–Crippen MR) is 64.3 cm³/mol. The Morgan fingerprint density at radius 1 is 1.47 bits per heavy atom. The largest absolute Gasteiger partial charge is 0.396 e. The van der Waals surface area contributed by atoms with Crippen LogP contribution in [0.4, 0.5) is 4.39 Å². The van der Waals surface area contributed by atoms with Crippen molar-refractivity contribution in [3.63, 3.8) is 0 Å². The summed E-state index contributed by atoms with van der Waals surface area (Å²) < 4.78 is 34.3. The zero-order valence-electron chi connectivity index (χ0n) is 9.47. The molecular weight excluding hydrogens is 245 g/mol. The normalized spacial score (nSPS) is 11.9. The molecule has 0 aliphatic carbocycles. The Kier molecular flexibility index (Phi) is 5.09. The van der Waals surface area contributed by atoms with Crippen LogP contribution in [0.15, 0.2) is 29.4 Å². The zero-order chi connectivity index (χ0) is 12.7. The third-order valence-corrected chi connectivity index (χ3v) is 2.91. The monoisotopic (exact) mass is 259 g/mol. The van der Waals surface area contributed by atoms with Crippen molar-refractivity contribution in [2.45, 2.75) is 6.42 Å². The summed E-state index contributed by atoms with van der Waals surface area (Å²) in [4.78, 5) is 4.86. The first-order valence-corrected chi connectivity index (χ1v) is 7.12. The van der Waals surface area contributed by atoms with Gasteiger partial charge in [-0.05, 0) is 24.1 Å². The summed E-state index contributed by atoms with van der Waals surface area (Å²) in [5.74, 6) is -0.270. The molecule has 0 atom stereocenters. The maximum Gasteiger partial charge on any atom is 0.147 e. The second kappa shape index (κ2) is 6.34. The van der Waals surface area contributed by atoms with Crippen LogP contribution >= 0.6 is 0 Å². The molecule has 0 unspecified atom stereocenters. The minimum atomic E-state index is -2.95. The van der Waals surface area contributed by atoms with Crippen LogP contribution in [-0.4, -0.2) is 33.2 Å². The van der Waals surface area contributed by atoms with Crippen molar-refractivity contribution in [1.82, 2.24) is 0 Å². The first-order chi connectivity index (χ1) is 7.97. The summed E-state index contributed by atoms with van der Waals surface area (Å²) in [7, 11) is -2.95. The molecule has 0 heterocycles. The summed E-state index contributed by atoms with van der Waals surface area (Å²) in [5, 5.41) is 3.62. The number of rotatable bonds is 6. The van der Waals surface area contributed by atoms with E-state index in [0.717, 1.165) is 0 Å². The van der Waals surface area contributed by atoms with Gasteiger partial charge in [-0.1, -0.05) is 17.3 Å². The molecule has 0 bridgehead atoms. The van der Waals surface area contributed by atoms with E-state index in [-0.39, 0.29) is 18.2 Å². The molecule has 0 aliphatic heterocycles. The lowest BCUT2D eigenvalue weighted by molar-refractivity contribution is 0.147. The molecule has 17 heavy (non-hydrogen) atoms. The van der Waals surface area contributed by atoms with Gasteiger partial charge in [0, 0.05) is 6.26 Å². The SMILES string of the molecule is CS(=O)(=O)CCCO/N=C/c1cccc(F)c1. The highest BCUT2D eigenvalue weighted by molar-refractivity contribution is 7.90. The molecule has 1 aromatic rings. The fourth-order valence-electron chi connectivity index (χ4n) is 1.12. The van der Waals surface area contributed by atoms with Crippen LogP contribution in [0.1, 0.15) is 12.0 Å². The summed E-state index contributed by atoms with van der Waals surface area (Å²) in [6.07, 6.45) is 2.94. The van der Waals surface area contributed by atoms with E-state index >= 15 is 0 Å². The predicted octanol–water partition coefficient (Wildman–Crippen LogP) is 1.61. The average molecular weight is 259 g/mol. The van der Waals surface area contributed by atoms with Crippen molar-refractivity contribution >= 4 is 16.1 Å². The Morgan fingerprint density at radius 2 is 2.24 bits per heavy atom. The van der Waals surface area contributed by atoms with Crippen LogP contribution in [0, 0.1) is 5.82 Å². The van der Waals surface area contributed by atoms with Gasteiger partial charge in [0.15, 0.2) is 0 Å². The number of halogens is 1. The van der Waals surface area contributed by atoms with Crippen molar-refractivity contribution in [2.24, 2.45) is 5.16 Å². The number of oxime groups is 1. The number of hydrogen-bond donors (Lipinski definition) is 0. The minimum Gasteiger partial charge on any atom is -0.396 e. The van der Waals surface area contributed by atoms with E-state index in [1.54, 1.807) is 12.1 Å². The number of hydrogen-bond acceptors (Lipinski definition) is 4. The highest BCUT2D eigenvalue weighted by atomic mass is 32.2. The van der Waals surface area contributed by atoms with Gasteiger partial charge in [-0.15, -0.1) is 0 Å². The van der Waals surface area contributed by atoms with Gasteiger partial charge in [0.05, 0.1) is 12.0 Å². The molecule has 0 aromatic heterocycles. The van der Waals surface area contributed by atoms with Crippen LogP contribution in [-0.2, 0) is 14.7 Å². The maximum atomic E-state index is 12.8. The van der Waals surface area contributed by atoms with Crippen LogP contribution in [0.25, 0.3) is 0 Å². The lowest BCUT2D eigenvalue weighted by Gasteiger charge is -1.98. The first-order valence-electron chi connectivity index (χ1n) is 5.06. The Morgan fingerprint density at radius 3 is 2.88 bits per heavy atom. The van der Waals surface area contributed by atoms with Crippen molar-refractivity contribution in [3.05, 3.63) is 35.6 Å². The Hall–Kier alpha value is -1.43. The second-order valence-corrected chi connectivity index (χ2v) is 5.87. The molecule has 0 aliphatic rings. The van der Waals surface area contributed by atoms with E-state index in [1.165, 1.54) is 24.6 Å². The van der Waals surface area contributed by atoms with Gasteiger partial charge in [0.2, 0.25) is 0 Å². The van der Waals surface area contributed by atoms with Crippen molar-refractivity contribution in [1.29, 1.82) is 0 Å². The molecule has 0 amide bonds. The lowest BCUT2D eigenvalue weighted by Crippen LogP contribution is -2.05. The smallest absolute Gasteiger partial charge is 0.147 e. The Labute approximate surface area is 100 Å². The number of nitrogens with zero attached hydrogens (tertiary/aromatic N) is 1. The van der Waals surface area contributed by atoms with E-state index in [0.29, 0.717) is 12.0 Å². The standard InChI is InChI=1S/C11H14FNO3S/c1-17(14,15)7-3-6-16-13-9-10-4-2-5-11(12)8-10/h2,4-5,8-9H,3,6-7H2,1H3/b13-9+. The van der Waals surface area contributed by atoms with E-state index in [9.17, 15) is 12.8 Å². The minimum absolute atomic E-state index is 0.0719. The summed E-state index contributed by atoms with van der Waals surface area (Å²) >= 11 is 0. The van der Waals surface area contributed by atoms with E-state index in [2.05, 4.69) is 5.16 Å². The maximum absolute atomic E-state index is 12.8. The van der Waals surface area contributed by atoms with Crippen molar-refractivity contribution < 1.29 is 17.6 Å². The van der Waals surface area contributed by atoms with Gasteiger partial charge in [0.1, 0.15) is 22.3 Å². The summed E-state index contributed by atoms with van der Waals surface area (Å²) in [6.45, 7) is 0.221. The fourth-order valence-corrected chi connectivity index (χ4v) is 1.77. The van der Waals surface area contributed by atoms with Gasteiger partial charge in [-0.3, -0.25) is 0 Å². The molecule has 0 spiro atoms. The van der Waals surface area contributed by atoms with Gasteiger partial charge in [0.25, 0.3) is 0 Å².